The third-order valence-electron chi connectivity index (χ3n) is 2.06. The highest BCUT2D eigenvalue weighted by molar-refractivity contribution is 7.99. The fraction of sp³-hybridized carbons (Fsp3) is 0.444. The zero-order chi connectivity index (χ0) is 11.2. The molecule has 0 saturated heterocycles. The quantitative estimate of drug-likeness (QED) is 0.552. The average Bonchev–Trinajstić information content (AvgIpc) is 2.90. The third kappa shape index (κ3) is 3.07. The Hall–Kier alpha value is -1.34. The topological polar surface area (TPSA) is 73.3 Å². The Kier molecular flexibility index (Phi) is 3.95. The highest BCUT2D eigenvalue weighted by Gasteiger charge is 2.03. The molecule has 7 heteroatoms. The standard InChI is InChI=1S/C9H13N5OS/c1-14-9(11-12-13-14)16-6-4-10-7-8-3-2-5-15-8/h2-3,5,10H,4,6-7H2,1H3/p+1. The Balaban J connectivity index is 1.61. The van der Waals surface area contributed by atoms with Crippen molar-refractivity contribution in [1.29, 1.82) is 0 Å². The van der Waals surface area contributed by atoms with Crippen molar-refractivity contribution in [2.75, 3.05) is 12.3 Å². The molecule has 2 aromatic rings. The largest absolute Gasteiger partial charge is 0.463 e. The van der Waals surface area contributed by atoms with Crippen molar-refractivity contribution in [3.8, 4) is 0 Å². The summed E-state index contributed by atoms with van der Waals surface area (Å²) in [5.74, 6) is 1.99. The number of thioether (sulfide) groups is 1. The van der Waals surface area contributed by atoms with Gasteiger partial charge in [-0.05, 0) is 22.6 Å². The van der Waals surface area contributed by atoms with Crippen LogP contribution in [0.4, 0.5) is 0 Å². The molecule has 2 aromatic heterocycles. The number of hydrogen-bond donors (Lipinski definition) is 1. The number of aryl methyl sites for hydroxylation is 1. The smallest absolute Gasteiger partial charge is 0.209 e. The van der Waals surface area contributed by atoms with E-state index in [1.165, 1.54) is 0 Å². The number of tetrazole rings is 1. The Morgan fingerprint density at radius 1 is 1.56 bits per heavy atom. The molecule has 0 atom stereocenters. The SMILES string of the molecule is Cn1nnnc1SCC[NH2+]Cc1ccco1. The predicted octanol–water partition coefficient (Wildman–Crippen LogP) is -0.341. The minimum atomic E-state index is 0.853. The van der Waals surface area contributed by atoms with Gasteiger partial charge in [-0.15, -0.1) is 5.10 Å². The number of rotatable bonds is 6. The molecule has 0 radical (unpaired) electrons. The van der Waals surface area contributed by atoms with Crippen LogP contribution in [0.25, 0.3) is 0 Å². The van der Waals surface area contributed by atoms with Gasteiger partial charge in [-0.2, -0.15) is 0 Å². The van der Waals surface area contributed by atoms with Gasteiger partial charge in [-0.1, -0.05) is 11.8 Å². The van der Waals surface area contributed by atoms with Crippen molar-refractivity contribution < 1.29 is 9.73 Å². The van der Waals surface area contributed by atoms with E-state index in [2.05, 4.69) is 20.8 Å². The second kappa shape index (κ2) is 5.66. The molecular formula is C9H14N5OS+. The summed E-state index contributed by atoms with van der Waals surface area (Å²) in [4.78, 5) is 0. The average molecular weight is 240 g/mol. The minimum absolute atomic E-state index is 0.853. The summed E-state index contributed by atoms with van der Waals surface area (Å²) >= 11 is 1.66. The third-order valence-corrected chi connectivity index (χ3v) is 3.10. The molecule has 0 spiro atoms. The fourth-order valence-electron chi connectivity index (χ4n) is 1.25. The lowest BCUT2D eigenvalue weighted by Gasteiger charge is -1.99. The first-order chi connectivity index (χ1) is 7.86. The molecule has 0 saturated carbocycles. The van der Waals surface area contributed by atoms with Crippen molar-refractivity contribution in [2.45, 2.75) is 11.7 Å². The van der Waals surface area contributed by atoms with Gasteiger partial charge in [0.25, 0.3) is 0 Å². The molecule has 0 bridgehead atoms. The van der Waals surface area contributed by atoms with Crippen molar-refractivity contribution in [1.82, 2.24) is 20.2 Å². The van der Waals surface area contributed by atoms with E-state index in [0.717, 1.165) is 29.8 Å². The first-order valence-electron chi connectivity index (χ1n) is 5.05. The number of aromatic nitrogens is 4. The van der Waals surface area contributed by atoms with Gasteiger partial charge in [0.2, 0.25) is 5.16 Å². The summed E-state index contributed by atoms with van der Waals surface area (Å²) < 4.78 is 6.91. The van der Waals surface area contributed by atoms with Crippen LogP contribution >= 0.6 is 11.8 Å². The van der Waals surface area contributed by atoms with Crippen LogP contribution in [0, 0.1) is 0 Å². The van der Waals surface area contributed by atoms with Crippen LogP contribution in [-0.2, 0) is 13.6 Å². The molecule has 16 heavy (non-hydrogen) atoms. The summed E-state index contributed by atoms with van der Waals surface area (Å²) in [6.45, 7) is 1.89. The molecular weight excluding hydrogens is 226 g/mol. The maximum atomic E-state index is 5.23. The van der Waals surface area contributed by atoms with Crippen LogP contribution in [0.2, 0.25) is 0 Å². The van der Waals surface area contributed by atoms with Gasteiger partial charge in [0, 0.05) is 7.05 Å². The van der Waals surface area contributed by atoms with Crippen LogP contribution in [0.1, 0.15) is 5.76 Å². The van der Waals surface area contributed by atoms with Gasteiger partial charge in [0.05, 0.1) is 18.6 Å². The second-order valence-corrected chi connectivity index (χ2v) is 4.36. The Labute approximate surface area is 97.4 Å². The summed E-state index contributed by atoms with van der Waals surface area (Å²) in [7, 11) is 1.84. The van der Waals surface area contributed by atoms with Crippen molar-refractivity contribution >= 4 is 11.8 Å². The Bertz CT molecular complexity index is 413. The van der Waals surface area contributed by atoms with Crippen LogP contribution in [-0.4, -0.2) is 32.5 Å². The maximum Gasteiger partial charge on any atom is 0.209 e. The van der Waals surface area contributed by atoms with Crippen LogP contribution in [0.3, 0.4) is 0 Å². The van der Waals surface area contributed by atoms with Crippen molar-refractivity contribution in [3.05, 3.63) is 24.2 Å². The van der Waals surface area contributed by atoms with Gasteiger partial charge in [-0.25, -0.2) is 4.68 Å². The molecule has 2 rings (SSSR count). The van der Waals surface area contributed by atoms with E-state index in [-0.39, 0.29) is 0 Å². The van der Waals surface area contributed by atoms with Gasteiger partial charge < -0.3 is 9.73 Å². The lowest BCUT2D eigenvalue weighted by Crippen LogP contribution is -2.83. The van der Waals surface area contributed by atoms with E-state index in [1.807, 2.05) is 19.2 Å². The zero-order valence-electron chi connectivity index (χ0n) is 9.04. The van der Waals surface area contributed by atoms with E-state index < -0.39 is 0 Å². The predicted molar refractivity (Wildman–Crippen MR) is 58.7 cm³/mol. The molecule has 0 aliphatic heterocycles. The lowest BCUT2D eigenvalue weighted by atomic mass is 10.4. The van der Waals surface area contributed by atoms with Crippen LogP contribution in [0.15, 0.2) is 28.0 Å². The Morgan fingerprint density at radius 2 is 2.50 bits per heavy atom. The number of quaternary nitrogens is 1. The number of furan rings is 1. The van der Waals surface area contributed by atoms with Gasteiger partial charge in [0.1, 0.15) is 6.54 Å². The van der Waals surface area contributed by atoms with E-state index in [4.69, 9.17) is 4.42 Å². The van der Waals surface area contributed by atoms with Gasteiger partial charge in [0.15, 0.2) is 5.76 Å². The highest BCUT2D eigenvalue weighted by atomic mass is 32.2. The van der Waals surface area contributed by atoms with Crippen molar-refractivity contribution in [3.63, 3.8) is 0 Å². The normalized spacial score (nSPS) is 10.8. The summed E-state index contributed by atoms with van der Waals surface area (Å²) in [6, 6.07) is 3.89. The van der Waals surface area contributed by atoms with E-state index in [0.29, 0.717) is 0 Å². The molecule has 0 unspecified atom stereocenters. The van der Waals surface area contributed by atoms with E-state index >= 15 is 0 Å². The molecule has 0 amide bonds. The molecule has 0 aliphatic rings. The van der Waals surface area contributed by atoms with Crippen LogP contribution in [0.5, 0.6) is 0 Å². The molecule has 86 valence electrons. The highest BCUT2D eigenvalue weighted by Crippen LogP contribution is 2.09. The number of hydrogen-bond acceptors (Lipinski definition) is 5. The van der Waals surface area contributed by atoms with Gasteiger partial charge in [-0.3, -0.25) is 0 Å². The first kappa shape index (κ1) is 11.2. The maximum absolute atomic E-state index is 5.23. The van der Waals surface area contributed by atoms with E-state index in [9.17, 15) is 0 Å². The van der Waals surface area contributed by atoms with Gasteiger partial charge >= 0.3 is 0 Å². The molecule has 6 nitrogen and oxygen atoms in total. The van der Waals surface area contributed by atoms with Crippen LogP contribution < -0.4 is 5.32 Å². The minimum Gasteiger partial charge on any atom is -0.463 e. The first-order valence-corrected chi connectivity index (χ1v) is 6.04. The second-order valence-electron chi connectivity index (χ2n) is 3.29. The summed E-state index contributed by atoms with van der Waals surface area (Å²) in [5, 5.41) is 14.3. The number of nitrogens with zero attached hydrogens (tertiary/aromatic N) is 4. The molecule has 2 heterocycles. The molecule has 0 aromatic carbocycles. The molecule has 0 aliphatic carbocycles. The molecule has 2 N–H and O–H groups in total. The Morgan fingerprint density at radius 3 is 3.19 bits per heavy atom. The van der Waals surface area contributed by atoms with Crippen molar-refractivity contribution in [2.24, 2.45) is 7.05 Å². The molecule has 0 fully saturated rings. The summed E-state index contributed by atoms with van der Waals surface area (Å²) in [5.41, 5.74) is 0. The van der Waals surface area contributed by atoms with E-state index in [1.54, 1.807) is 22.7 Å². The zero-order valence-corrected chi connectivity index (χ0v) is 9.85. The summed E-state index contributed by atoms with van der Waals surface area (Å²) in [6.07, 6.45) is 1.70. The number of nitrogens with two attached hydrogens (primary N) is 1. The lowest BCUT2D eigenvalue weighted by molar-refractivity contribution is -0.668. The monoisotopic (exact) mass is 240 g/mol. The fourth-order valence-corrected chi connectivity index (χ4v) is 2.03.